The first-order chi connectivity index (χ1) is 14.8. The molecule has 0 aliphatic heterocycles. The summed E-state index contributed by atoms with van der Waals surface area (Å²) < 4.78 is 13.7. The van der Waals surface area contributed by atoms with Crippen molar-refractivity contribution < 1.29 is 8.85 Å². The molecule has 2 atom stereocenters. The first-order valence-electron chi connectivity index (χ1n) is 12.8. The maximum absolute atomic E-state index is 6.98. The van der Waals surface area contributed by atoms with Crippen molar-refractivity contribution in [3.8, 4) is 24.2 Å². The first kappa shape index (κ1) is 30.2. The third-order valence-corrected chi connectivity index (χ3v) is 17.2. The lowest BCUT2D eigenvalue weighted by molar-refractivity contribution is 0.144. The van der Waals surface area contributed by atoms with E-state index in [9.17, 15) is 0 Å². The van der Waals surface area contributed by atoms with E-state index >= 15 is 0 Å². The summed E-state index contributed by atoms with van der Waals surface area (Å²) in [6.45, 7) is 30.3. The Balaban J connectivity index is 3.40. The van der Waals surface area contributed by atoms with Crippen LogP contribution in [0.15, 0.2) is 11.1 Å². The van der Waals surface area contributed by atoms with Gasteiger partial charge in [0, 0.05) is 23.3 Å². The molecule has 4 heteroatoms. The van der Waals surface area contributed by atoms with E-state index in [4.69, 9.17) is 15.3 Å². The molecule has 0 heterocycles. The molecule has 0 unspecified atom stereocenters. The average Bonchev–Trinajstić information content (AvgIpc) is 2.63. The fourth-order valence-corrected chi connectivity index (χ4v) is 6.01. The van der Waals surface area contributed by atoms with Gasteiger partial charge in [-0.05, 0) is 61.1 Å². The van der Waals surface area contributed by atoms with Crippen LogP contribution in [-0.4, -0.2) is 29.3 Å². The average molecular weight is 489 g/mol. The lowest BCUT2D eigenvalue weighted by atomic mass is 9.68. The van der Waals surface area contributed by atoms with E-state index in [1.54, 1.807) is 0 Å². The molecule has 0 bridgehead atoms. The Kier molecular flexibility index (Phi) is 9.96. The molecule has 0 fully saturated rings. The summed E-state index contributed by atoms with van der Waals surface area (Å²) >= 11 is 0. The maximum Gasteiger partial charge on any atom is 0.192 e. The van der Waals surface area contributed by atoms with E-state index in [2.05, 4.69) is 106 Å². The molecule has 0 saturated carbocycles. The number of hydrogen-bond donors (Lipinski definition) is 0. The number of rotatable bonds is 7. The van der Waals surface area contributed by atoms with Crippen LogP contribution in [0.25, 0.3) is 0 Å². The van der Waals surface area contributed by atoms with Gasteiger partial charge in [0.25, 0.3) is 0 Å². The smallest absolute Gasteiger partial charge is 0.192 e. The Labute approximate surface area is 208 Å². The number of allylic oxidation sites excluding steroid dienone is 1. The van der Waals surface area contributed by atoms with E-state index < -0.39 is 16.6 Å². The molecule has 2 nitrogen and oxygen atoms in total. The topological polar surface area (TPSA) is 18.5 Å². The van der Waals surface area contributed by atoms with Gasteiger partial charge in [-0.2, -0.15) is 0 Å². The summed E-state index contributed by atoms with van der Waals surface area (Å²) in [5.74, 6) is 10.2. The normalized spacial score (nSPS) is 22.8. The SMILES string of the molecule is C#CC1=C(CO[Si](C)(C)C(C)(C)C)[C@@H](O[Si](C)(C)C(C)(C)C)CC[C@@]1(C)CCC#CC(C)C. The molecule has 1 aliphatic rings. The largest absolute Gasteiger partial charge is 0.413 e. The standard InChI is InChI=1S/C29H52O2Si2/c1-15-25-24(22-30-32(11,12)27(4,5)6)26(31-33(13,14)28(7,8)9)19-21-29(25,10)20-17-16-18-23(2)3/h1,23,26H,17,19-22H2,2-14H3/t26-,29+/m0/s1. The summed E-state index contributed by atoms with van der Waals surface area (Å²) in [5, 5.41) is 0.311. The Morgan fingerprint density at radius 2 is 1.58 bits per heavy atom. The zero-order chi connectivity index (χ0) is 25.9. The lowest BCUT2D eigenvalue weighted by Gasteiger charge is -2.46. The van der Waals surface area contributed by atoms with Gasteiger partial charge in [-0.3, -0.25) is 0 Å². The van der Waals surface area contributed by atoms with Gasteiger partial charge in [0.2, 0.25) is 0 Å². The third kappa shape index (κ3) is 7.86. The Morgan fingerprint density at radius 1 is 1.03 bits per heavy atom. The summed E-state index contributed by atoms with van der Waals surface area (Å²) in [6, 6.07) is 0. The second-order valence-electron chi connectivity index (χ2n) is 13.5. The summed E-state index contributed by atoms with van der Waals surface area (Å²) in [7, 11) is -3.86. The van der Waals surface area contributed by atoms with Crippen LogP contribution < -0.4 is 0 Å². The van der Waals surface area contributed by atoms with E-state index in [1.165, 1.54) is 5.57 Å². The van der Waals surface area contributed by atoms with Crippen molar-refractivity contribution in [3.63, 3.8) is 0 Å². The molecule has 0 spiro atoms. The molecule has 0 aromatic rings. The lowest BCUT2D eigenvalue weighted by Crippen LogP contribution is -2.48. The van der Waals surface area contributed by atoms with Gasteiger partial charge < -0.3 is 8.85 Å². The summed E-state index contributed by atoms with van der Waals surface area (Å²) in [4.78, 5) is 0. The minimum absolute atomic E-state index is 0.0418. The Bertz CT molecular complexity index is 804. The van der Waals surface area contributed by atoms with Gasteiger partial charge in [0.1, 0.15) is 0 Å². The van der Waals surface area contributed by atoms with E-state index in [0.717, 1.165) is 31.3 Å². The fourth-order valence-electron chi connectivity index (χ4n) is 3.73. The monoisotopic (exact) mass is 488 g/mol. The van der Waals surface area contributed by atoms with Crippen LogP contribution in [0, 0.1) is 35.5 Å². The molecule has 0 aromatic carbocycles. The quantitative estimate of drug-likeness (QED) is 0.264. The van der Waals surface area contributed by atoms with Crippen LogP contribution in [0.2, 0.25) is 36.3 Å². The molecular formula is C29H52O2Si2. The van der Waals surface area contributed by atoms with Gasteiger partial charge in [0.15, 0.2) is 16.6 Å². The minimum Gasteiger partial charge on any atom is -0.413 e. The van der Waals surface area contributed by atoms with Crippen LogP contribution in [0.5, 0.6) is 0 Å². The molecule has 188 valence electrons. The molecule has 0 aromatic heterocycles. The van der Waals surface area contributed by atoms with Gasteiger partial charge in [-0.15, -0.1) is 18.3 Å². The first-order valence-corrected chi connectivity index (χ1v) is 18.6. The molecule has 0 saturated heterocycles. The van der Waals surface area contributed by atoms with Crippen molar-refractivity contribution in [2.45, 2.75) is 130 Å². The van der Waals surface area contributed by atoms with Crippen molar-refractivity contribution in [2.75, 3.05) is 6.61 Å². The number of hydrogen-bond acceptors (Lipinski definition) is 2. The second-order valence-corrected chi connectivity index (χ2v) is 23.1. The van der Waals surface area contributed by atoms with E-state index in [-0.39, 0.29) is 21.6 Å². The molecular weight excluding hydrogens is 436 g/mol. The molecule has 1 rings (SSSR count). The summed E-state index contributed by atoms with van der Waals surface area (Å²) in [6.07, 6.45) is 10.2. The van der Waals surface area contributed by atoms with Gasteiger partial charge >= 0.3 is 0 Å². The van der Waals surface area contributed by atoms with Crippen molar-refractivity contribution in [1.29, 1.82) is 0 Å². The second kappa shape index (κ2) is 10.9. The molecule has 0 radical (unpaired) electrons. The predicted octanol–water partition coefficient (Wildman–Crippen LogP) is 8.57. The molecule has 33 heavy (non-hydrogen) atoms. The van der Waals surface area contributed by atoms with E-state index in [1.807, 2.05) is 0 Å². The van der Waals surface area contributed by atoms with Gasteiger partial charge in [-0.1, -0.05) is 68.2 Å². The van der Waals surface area contributed by atoms with E-state index in [0.29, 0.717) is 12.5 Å². The number of terminal acetylenes is 1. The predicted molar refractivity (Wildman–Crippen MR) is 150 cm³/mol. The van der Waals surface area contributed by atoms with Crippen molar-refractivity contribution in [1.82, 2.24) is 0 Å². The van der Waals surface area contributed by atoms with Gasteiger partial charge in [-0.25, -0.2) is 0 Å². The van der Waals surface area contributed by atoms with Crippen molar-refractivity contribution in [2.24, 2.45) is 11.3 Å². The van der Waals surface area contributed by atoms with Gasteiger partial charge in [0.05, 0.1) is 12.7 Å². The molecule has 0 amide bonds. The third-order valence-electron chi connectivity index (χ3n) is 8.25. The Morgan fingerprint density at radius 3 is 2.03 bits per heavy atom. The zero-order valence-corrected chi connectivity index (χ0v) is 26.1. The van der Waals surface area contributed by atoms with Crippen LogP contribution >= 0.6 is 0 Å². The van der Waals surface area contributed by atoms with Crippen LogP contribution in [0.1, 0.15) is 88.0 Å². The highest BCUT2D eigenvalue weighted by Crippen LogP contribution is 2.48. The van der Waals surface area contributed by atoms with Crippen LogP contribution in [-0.2, 0) is 8.85 Å². The molecule has 1 aliphatic carbocycles. The Hall–Kier alpha value is -0.786. The summed E-state index contributed by atoms with van der Waals surface area (Å²) in [5.41, 5.74) is 2.29. The maximum atomic E-state index is 6.98. The highest BCUT2D eigenvalue weighted by Gasteiger charge is 2.45. The van der Waals surface area contributed by atoms with Crippen molar-refractivity contribution >= 4 is 16.6 Å². The molecule has 0 N–H and O–H groups in total. The van der Waals surface area contributed by atoms with Crippen LogP contribution in [0.3, 0.4) is 0 Å². The van der Waals surface area contributed by atoms with Crippen LogP contribution in [0.4, 0.5) is 0 Å². The minimum atomic E-state index is -1.95. The fraction of sp³-hybridized carbons (Fsp3) is 0.793. The van der Waals surface area contributed by atoms with Crippen molar-refractivity contribution in [3.05, 3.63) is 11.1 Å². The highest BCUT2D eigenvalue weighted by molar-refractivity contribution is 6.74. The zero-order valence-electron chi connectivity index (χ0n) is 24.1. The highest BCUT2D eigenvalue weighted by atomic mass is 28.4.